The summed E-state index contributed by atoms with van der Waals surface area (Å²) >= 11 is 0. The summed E-state index contributed by atoms with van der Waals surface area (Å²) in [7, 11) is 0. The molecule has 1 aliphatic rings. The van der Waals surface area contributed by atoms with Crippen molar-refractivity contribution in [3.63, 3.8) is 0 Å². The number of ether oxygens (including phenoxy) is 1. The van der Waals surface area contributed by atoms with Crippen molar-refractivity contribution in [3.8, 4) is 11.1 Å². The van der Waals surface area contributed by atoms with Gasteiger partial charge in [-0.05, 0) is 72.7 Å². The van der Waals surface area contributed by atoms with Crippen molar-refractivity contribution in [1.82, 2.24) is 10.2 Å². The monoisotopic (exact) mass is 518 g/mol. The lowest BCUT2D eigenvalue weighted by atomic mass is 10.0. The number of benzene rings is 3. The summed E-state index contributed by atoms with van der Waals surface area (Å²) in [6, 6.07) is 21.4. The molecule has 4 rings (SSSR count). The minimum Gasteiger partial charge on any atom is -0.382 e. The average molecular weight is 519 g/mol. The molecular weight excluding hydrogens is 475 g/mol. The van der Waals surface area contributed by atoms with Crippen LogP contribution in [-0.4, -0.2) is 43.5 Å². The average Bonchev–Trinajstić information content (AvgIpc) is 3.37. The number of carbonyl (C=O) groups excluding carboxylic acids is 1. The van der Waals surface area contributed by atoms with Gasteiger partial charge in [0.1, 0.15) is 5.82 Å². The first-order chi connectivity index (χ1) is 18.6. The molecule has 0 saturated carbocycles. The van der Waals surface area contributed by atoms with E-state index in [9.17, 15) is 9.18 Å². The number of carbonyl (C=O) groups is 1. The van der Waals surface area contributed by atoms with Crippen molar-refractivity contribution in [2.45, 2.75) is 59.5 Å². The molecule has 0 spiro atoms. The largest absolute Gasteiger partial charge is 0.382 e. The predicted molar refractivity (Wildman–Crippen MR) is 155 cm³/mol. The van der Waals surface area contributed by atoms with Gasteiger partial charge in [0.15, 0.2) is 5.78 Å². The van der Waals surface area contributed by atoms with Gasteiger partial charge in [-0.25, -0.2) is 4.39 Å². The van der Waals surface area contributed by atoms with Crippen LogP contribution in [0.5, 0.6) is 0 Å². The third-order valence-corrected chi connectivity index (χ3v) is 6.99. The van der Waals surface area contributed by atoms with Gasteiger partial charge in [0.2, 0.25) is 0 Å². The lowest BCUT2D eigenvalue weighted by molar-refractivity contribution is 0.0983. The second-order valence-electron chi connectivity index (χ2n) is 9.41. The molecule has 38 heavy (non-hydrogen) atoms. The minimum atomic E-state index is -0.471. The van der Waals surface area contributed by atoms with Gasteiger partial charge in [0, 0.05) is 32.3 Å². The summed E-state index contributed by atoms with van der Waals surface area (Å²) in [5.74, 6) is -0.690. The van der Waals surface area contributed by atoms with Gasteiger partial charge in [0.25, 0.3) is 0 Å². The third kappa shape index (κ3) is 8.07. The number of aryl methyl sites for hydroxylation is 1. The van der Waals surface area contributed by atoms with E-state index in [2.05, 4.69) is 35.3 Å². The summed E-state index contributed by atoms with van der Waals surface area (Å²) in [6.07, 6.45) is 2.97. The number of nitrogens with one attached hydrogen (secondary N) is 1. The molecule has 5 heteroatoms. The van der Waals surface area contributed by atoms with E-state index in [1.165, 1.54) is 22.8 Å². The third-order valence-electron chi connectivity index (χ3n) is 6.99. The topological polar surface area (TPSA) is 41.6 Å². The highest BCUT2D eigenvalue weighted by atomic mass is 19.1. The molecule has 1 N–H and O–H groups in total. The quantitative estimate of drug-likeness (QED) is 0.191. The van der Waals surface area contributed by atoms with Gasteiger partial charge >= 0.3 is 0 Å². The Bertz CT molecular complexity index is 1150. The van der Waals surface area contributed by atoms with Crippen LogP contribution in [0, 0.1) is 5.82 Å². The van der Waals surface area contributed by atoms with Crippen molar-refractivity contribution in [1.29, 1.82) is 0 Å². The fourth-order valence-electron chi connectivity index (χ4n) is 4.97. The first kappa shape index (κ1) is 29.7. The lowest BCUT2D eigenvalue weighted by Gasteiger charge is -2.21. The molecule has 204 valence electrons. The number of fused-ring (bicyclic) bond motifs is 1. The molecule has 0 aromatic heterocycles. The van der Waals surface area contributed by atoms with E-state index in [1.807, 2.05) is 57.2 Å². The number of rotatable bonds is 13. The molecule has 1 aliphatic carbocycles. The van der Waals surface area contributed by atoms with Crippen LogP contribution in [0.25, 0.3) is 11.1 Å². The van der Waals surface area contributed by atoms with Crippen molar-refractivity contribution >= 4 is 5.78 Å². The van der Waals surface area contributed by atoms with E-state index >= 15 is 0 Å². The summed E-state index contributed by atoms with van der Waals surface area (Å²) in [5, 5.41) is 3.41. The van der Waals surface area contributed by atoms with Crippen LogP contribution in [-0.2, 0) is 17.7 Å². The van der Waals surface area contributed by atoms with Crippen molar-refractivity contribution in [2.75, 3.05) is 32.8 Å². The molecule has 0 amide bonds. The Morgan fingerprint density at radius 3 is 2.53 bits per heavy atom. The standard InChI is InChI=1S/C31H37FN2O2.C2H6/c1-3-34(17-8-18-36-4-2)22-23-11-12-25-14-16-30(28(25)19-23)33-21-31(35)27-15-13-26(20-29(27)32)24-9-6-5-7-10-24;1-2/h5-7,9-13,15,19-20,30,33H,3-4,8,14,16-18,21-22H2,1-2H3;1-2H3. The van der Waals surface area contributed by atoms with Crippen molar-refractivity contribution < 1.29 is 13.9 Å². The maximum absolute atomic E-state index is 14.8. The Balaban J connectivity index is 0.00000195. The van der Waals surface area contributed by atoms with Crippen LogP contribution in [0.2, 0.25) is 0 Å². The minimum absolute atomic E-state index is 0.114. The predicted octanol–water partition coefficient (Wildman–Crippen LogP) is 7.23. The van der Waals surface area contributed by atoms with Crippen LogP contribution in [0.1, 0.15) is 73.6 Å². The number of hydrogen-bond donors (Lipinski definition) is 1. The van der Waals surface area contributed by atoms with E-state index in [0.717, 1.165) is 63.2 Å². The fourth-order valence-corrected chi connectivity index (χ4v) is 4.97. The highest BCUT2D eigenvalue weighted by molar-refractivity contribution is 5.98. The zero-order valence-electron chi connectivity index (χ0n) is 23.4. The Morgan fingerprint density at radius 2 is 1.82 bits per heavy atom. The number of ketones is 1. The summed E-state index contributed by atoms with van der Waals surface area (Å²) in [4.78, 5) is 15.3. The normalized spacial score (nSPS) is 14.2. The van der Waals surface area contributed by atoms with E-state index in [-0.39, 0.29) is 23.9 Å². The molecule has 0 radical (unpaired) electrons. The maximum atomic E-state index is 14.8. The zero-order valence-corrected chi connectivity index (χ0v) is 23.4. The smallest absolute Gasteiger partial charge is 0.179 e. The van der Waals surface area contributed by atoms with E-state index < -0.39 is 5.82 Å². The summed E-state index contributed by atoms with van der Waals surface area (Å²) < 4.78 is 20.3. The first-order valence-electron chi connectivity index (χ1n) is 14.1. The maximum Gasteiger partial charge on any atom is 0.179 e. The molecule has 0 aliphatic heterocycles. The summed E-state index contributed by atoms with van der Waals surface area (Å²) in [5.41, 5.74) is 5.73. The molecule has 1 unspecified atom stereocenters. The van der Waals surface area contributed by atoms with Gasteiger partial charge in [0.05, 0.1) is 12.1 Å². The van der Waals surface area contributed by atoms with Gasteiger partial charge in [-0.3, -0.25) is 9.69 Å². The molecule has 0 fully saturated rings. The molecular formula is C33H43FN2O2. The molecule has 3 aromatic carbocycles. The van der Waals surface area contributed by atoms with Crippen LogP contribution < -0.4 is 5.32 Å². The van der Waals surface area contributed by atoms with Crippen LogP contribution in [0.4, 0.5) is 4.39 Å². The second-order valence-corrected chi connectivity index (χ2v) is 9.41. The lowest BCUT2D eigenvalue weighted by Crippen LogP contribution is -2.27. The molecule has 4 nitrogen and oxygen atoms in total. The molecule has 0 bridgehead atoms. The van der Waals surface area contributed by atoms with Crippen LogP contribution in [0.15, 0.2) is 66.7 Å². The SMILES string of the molecule is CC.CCOCCCN(CC)Cc1ccc2c(c1)C(NCC(=O)c1ccc(-c3ccccc3)cc1F)CC2. The zero-order chi connectivity index (χ0) is 27.3. The molecule has 3 aromatic rings. The van der Waals surface area contributed by atoms with E-state index in [1.54, 1.807) is 6.07 Å². The highest BCUT2D eigenvalue weighted by Gasteiger charge is 2.24. The van der Waals surface area contributed by atoms with Gasteiger partial charge in [-0.15, -0.1) is 0 Å². The molecule has 0 heterocycles. The summed E-state index contributed by atoms with van der Waals surface area (Å²) in [6.45, 7) is 12.8. The van der Waals surface area contributed by atoms with Crippen LogP contribution in [0.3, 0.4) is 0 Å². The first-order valence-corrected chi connectivity index (χ1v) is 14.1. The number of Topliss-reactive ketones (excluding diaryl/α,β-unsaturated/α-hetero) is 1. The second kappa shape index (κ2) is 15.5. The molecule has 1 atom stereocenters. The Morgan fingerprint density at radius 1 is 1.03 bits per heavy atom. The Hall–Kier alpha value is -2.86. The fraction of sp³-hybridized carbons (Fsp3) is 0.424. The number of nitrogens with zero attached hydrogens (tertiary/aromatic N) is 1. The van der Waals surface area contributed by atoms with E-state index in [0.29, 0.717) is 0 Å². The Labute approximate surface area is 228 Å². The molecule has 0 saturated heterocycles. The van der Waals surface area contributed by atoms with Gasteiger partial charge < -0.3 is 10.1 Å². The van der Waals surface area contributed by atoms with Gasteiger partial charge in [-0.2, -0.15) is 0 Å². The van der Waals surface area contributed by atoms with Crippen LogP contribution >= 0.6 is 0 Å². The van der Waals surface area contributed by atoms with Crippen molar-refractivity contribution in [2.24, 2.45) is 0 Å². The van der Waals surface area contributed by atoms with Crippen molar-refractivity contribution in [3.05, 3.63) is 94.8 Å². The van der Waals surface area contributed by atoms with Gasteiger partial charge in [-0.1, -0.05) is 75.4 Å². The number of hydrogen-bond acceptors (Lipinski definition) is 4. The highest BCUT2D eigenvalue weighted by Crippen LogP contribution is 2.32. The number of halogens is 1. The Kier molecular flexibility index (Phi) is 12.1. The van der Waals surface area contributed by atoms with E-state index in [4.69, 9.17) is 4.74 Å².